The van der Waals surface area contributed by atoms with Crippen molar-refractivity contribution in [2.24, 2.45) is 0 Å². The molecule has 2 aromatic rings. The van der Waals surface area contributed by atoms with E-state index in [1.165, 1.54) is 0 Å². The van der Waals surface area contributed by atoms with Crippen LogP contribution in [0.1, 0.15) is 5.69 Å². The Morgan fingerprint density at radius 3 is 2.53 bits per heavy atom. The van der Waals surface area contributed by atoms with Crippen LogP contribution in [-0.2, 0) is 0 Å². The molecular weight excluding hydrogens is 236 g/mol. The second-order valence-corrected chi connectivity index (χ2v) is 4.77. The quantitative estimate of drug-likeness (QED) is 0.888. The molecule has 98 valence electrons. The van der Waals surface area contributed by atoms with E-state index in [0.717, 1.165) is 48.9 Å². The van der Waals surface area contributed by atoms with E-state index in [4.69, 9.17) is 0 Å². The van der Waals surface area contributed by atoms with Crippen LogP contribution in [0.4, 0.5) is 5.69 Å². The summed E-state index contributed by atoms with van der Waals surface area (Å²) in [7, 11) is 0. The lowest BCUT2D eigenvalue weighted by atomic mass is 10.2. The predicted octanol–water partition coefficient (Wildman–Crippen LogP) is 1.86. The third-order valence-electron chi connectivity index (χ3n) is 3.44. The Bertz CT molecular complexity index is 547. The normalized spacial score (nSPS) is 15.5. The van der Waals surface area contributed by atoms with Crippen LogP contribution in [-0.4, -0.2) is 36.1 Å². The molecule has 1 saturated heterocycles. The number of aryl methyl sites for hydroxylation is 1. The van der Waals surface area contributed by atoms with Gasteiger partial charge in [-0.1, -0.05) is 30.3 Å². The average Bonchev–Trinajstić information content (AvgIpc) is 2.49. The number of benzene rings is 1. The summed E-state index contributed by atoms with van der Waals surface area (Å²) in [5, 5.41) is 3.36. The van der Waals surface area contributed by atoms with Crippen LogP contribution >= 0.6 is 0 Å². The van der Waals surface area contributed by atoms with Gasteiger partial charge in [0.1, 0.15) is 0 Å². The Morgan fingerprint density at radius 1 is 1.11 bits per heavy atom. The van der Waals surface area contributed by atoms with E-state index in [9.17, 15) is 0 Å². The molecule has 19 heavy (non-hydrogen) atoms. The molecule has 1 aliphatic heterocycles. The maximum absolute atomic E-state index is 4.65. The summed E-state index contributed by atoms with van der Waals surface area (Å²) in [6.07, 6.45) is 1.95. The van der Waals surface area contributed by atoms with Crippen LogP contribution in [0.5, 0.6) is 0 Å². The van der Waals surface area contributed by atoms with Crippen LogP contribution in [0.25, 0.3) is 11.4 Å². The van der Waals surface area contributed by atoms with Gasteiger partial charge in [0.15, 0.2) is 5.82 Å². The lowest BCUT2D eigenvalue weighted by Gasteiger charge is -2.30. The Hall–Kier alpha value is -1.94. The molecule has 0 spiro atoms. The van der Waals surface area contributed by atoms with E-state index < -0.39 is 0 Å². The molecule has 0 atom stereocenters. The zero-order valence-corrected chi connectivity index (χ0v) is 11.1. The molecule has 1 N–H and O–H groups in total. The molecule has 0 bridgehead atoms. The maximum Gasteiger partial charge on any atom is 0.159 e. The number of piperazine rings is 1. The molecule has 2 heterocycles. The van der Waals surface area contributed by atoms with Crippen molar-refractivity contribution in [2.75, 3.05) is 31.1 Å². The highest BCUT2D eigenvalue weighted by Gasteiger charge is 2.14. The van der Waals surface area contributed by atoms with E-state index in [1.54, 1.807) is 0 Å². The minimum Gasteiger partial charge on any atom is -0.366 e. The largest absolute Gasteiger partial charge is 0.366 e. The van der Waals surface area contributed by atoms with Gasteiger partial charge in [-0.15, -0.1) is 0 Å². The first kappa shape index (κ1) is 12.1. The van der Waals surface area contributed by atoms with Crippen LogP contribution in [0.15, 0.2) is 36.5 Å². The number of hydrogen-bond donors (Lipinski definition) is 1. The highest BCUT2D eigenvalue weighted by Crippen LogP contribution is 2.21. The molecule has 1 fully saturated rings. The third-order valence-corrected chi connectivity index (χ3v) is 3.44. The zero-order chi connectivity index (χ0) is 13.1. The fourth-order valence-electron chi connectivity index (χ4n) is 2.40. The summed E-state index contributed by atoms with van der Waals surface area (Å²) in [4.78, 5) is 11.5. The molecule has 3 rings (SSSR count). The average molecular weight is 254 g/mol. The van der Waals surface area contributed by atoms with Crippen molar-refractivity contribution >= 4 is 5.69 Å². The maximum atomic E-state index is 4.65. The predicted molar refractivity (Wildman–Crippen MR) is 77.3 cm³/mol. The summed E-state index contributed by atoms with van der Waals surface area (Å²) in [6, 6.07) is 10.1. The van der Waals surface area contributed by atoms with E-state index in [0.29, 0.717) is 0 Å². The fourth-order valence-corrected chi connectivity index (χ4v) is 2.40. The van der Waals surface area contributed by atoms with Gasteiger partial charge in [0.25, 0.3) is 0 Å². The van der Waals surface area contributed by atoms with Gasteiger partial charge in [0, 0.05) is 31.7 Å². The fraction of sp³-hybridized carbons (Fsp3) is 0.333. The second-order valence-electron chi connectivity index (χ2n) is 4.77. The van der Waals surface area contributed by atoms with Gasteiger partial charge in [-0.2, -0.15) is 0 Å². The lowest BCUT2D eigenvalue weighted by molar-refractivity contribution is 0.587. The van der Waals surface area contributed by atoms with E-state index >= 15 is 0 Å². The van der Waals surface area contributed by atoms with Gasteiger partial charge in [-0.3, -0.25) is 0 Å². The summed E-state index contributed by atoms with van der Waals surface area (Å²) >= 11 is 0. The molecule has 0 amide bonds. The van der Waals surface area contributed by atoms with Gasteiger partial charge in [0.2, 0.25) is 0 Å². The van der Waals surface area contributed by atoms with Crippen molar-refractivity contribution in [1.82, 2.24) is 15.3 Å². The van der Waals surface area contributed by atoms with Crippen molar-refractivity contribution in [2.45, 2.75) is 6.92 Å². The number of hydrogen-bond acceptors (Lipinski definition) is 4. The zero-order valence-electron chi connectivity index (χ0n) is 11.1. The minimum absolute atomic E-state index is 0.803. The number of aromatic nitrogens is 2. The highest BCUT2D eigenvalue weighted by molar-refractivity contribution is 5.58. The molecule has 1 aromatic heterocycles. The van der Waals surface area contributed by atoms with Gasteiger partial charge in [0.05, 0.1) is 17.6 Å². The second kappa shape index (κ2) is 5.36. The van der Waals surface area contributed by atoms with Crippen molar-refractivity contribution in [3.8, 4) is 11.4 Å². The molecule has 1 aliphatic rings. The first-order valence-corrected chi connectivity index (χ1v) is 6.69. The monoisotopic (exact) mass is 254 g/mol. The van der Waals surface area contributed by atoms with E-state index in [1.807, 2.05) is 36.5 Å². The molecule has 0 radical (unpaired) electrons. The van der Waals surface area contributed by atoms with Crippen molar-refractivity contribution in [1.29, 1.82) is 0 Å². The molecule has 0 unspecified atom stereocenters. The Labute approximate surface area is 113 Å². The number of nitrogens with zero attached hydrogens (tertiary/aromatic N) is 3. The minimum atomic E-state index is 0.803. The van der Waals surface area contributed by atoms with Gasteiger partial charge < -0.3 is 10.2 Å². The Balaban J connectivity index is 1.89. The number of anilines is 1. The van der Waals surface area contributed by atoms with Crippen LogP contribution in [0.3, 0.4) is 0 Å². The number of rotatable bonds is 2. The molecule has 4 heteroatoms. The first-order valence-electron chi connectivity index (χ1n) is 6.69. The Morgan fingerprint density at radius 2 is 1.84 bits per heavy atom. The molecule has 4 nitrogen and oxygen atoms in total. The van der Waals surface area contributed by atoms with Gasteiger partial charge in [-0.25, -0.2) is 9.97 Å². The summed E-state index contributed by atoms with van der Waals surface area (Å²) in [5.41, 5.74) is 3.27. The molecule has 0 aliphatic carbocycles. The topological polar surface area (TPSA) is 41.1 Å². The van der Waals surface area contributed by atoms with Gasteiger partial charge in [-0.05, 0) is 6.92 Å². The Kier molecular flexibility index (Phi) is 3.42. The summed E-state index contributed by atoms with van der Waals surface area (Å²) in [6.45, 7) is 6.16. The van der Waals surface area contributed by atoms with Crippen LogP contribution in [0, 0.1) is 6.92 Å². The van der Waals surface area contributed by atoms with Crippen LogP contribution in [0.2, 0.25) is 0 Å². The molecule has 0 saturated carbocycles. The highest BCUT2D eigenvalue weighted by atomic mass is 15.2. The molecular formula is C15H18N4. The SMILES string of the molecule is Cc1nc(-c2ccccc2)ncc1N1CCNCC1. The standard InChI is InChI=1S/C15H18N4/c1-12-14(19-9-7-16-8-10-19)11-17-15(18-12)13-5-3-2-4-6-13/h2-6,11,16H,7-10H2,1H3. The van der Waals surface area contributed by atoms with Gasteiger partial charge >= 0.3 is 0 Å². The molecule has 1 aromatic carbocycles. The van der Waals surface area contributed by atoms with E-state index in [2.05, 4.69) is 27.1 Å². The third kappa shape index (κ3) is 2.58. The summed E-state index contributed by atoms with van der Waals surface area (Å²) in [5.74, 6) is 0.803. The van der Waals surface area contributed by atoms with Crippen molar-refractivity contribution in [3.63, 3.8) is 0 Å². The lowest BCUT2D eigenvalue weighted by Crippen LogP contribution is -2.43. The summed E-state index contributed by atoms with van der Waals surface area (Å²) < 4.78 is 0. The van der Waals surface area contributed by atoms with Crippen LogP contribution < -0.4 is 10.2 Å². The smallest absolute Gasteiger partial charge is 0.159 e. The number of nitrogens with one attached hydrogen (secondary N) is 1. The van der Waals surface area contributed by atoms with Crippen molar-refractivity contribution in [3.05, 3.63) is 42.2 Å². The van der Waals surface area contributed by atoms with Crippen molar-refractivity contribution < 1.29 is 0 Å². The first-order chi connectivity index (χ1) is 9.34. The van der Waals surface area contributed by atoms with E-state index in [-0.39, 0.29) is 0 Å².